The van der Waals surface area contributed by atoms with E-state index in [2.05, 4.69) is 5.10 Å². The van der Waals surface area contributed by atoms with E-state index in [1.807, 2.05) is 55.5 Å². The number of para-hydroxylation sites is 2. The number of aryl methyl sites for hydroxylation is 1. The molecule has 162 valence electrons. The summed E-state index contributed by atoms with van der Waals surface area (Å²) < 4.78 is 1.22. The van der Waals surface area contributed by atoms with Crippen LogP contribution in [0.3, 0.4) is 0 Å². The molecule has 2 aliphatic rings. The van der Waals surface area contributed by atoms with Gasteiger partial charge in [-0.1, -0.05) is 36.4 Å². The van der Waals surface area contributed by atoms with E-state index in [1.165, 1.54) is 16.8 Å². The molecule has 2 aliphatic heterocycles. The molecule has 5 rings (SSSR count). The Morgan fingerprint density at radius 2 is 1.69 bits per heavy atom. The highest BCUT2D eigenvalue weighted by Crippen LogP contribution is 2.32. The van der Waals surface area contributed by atoms with Crippen molar-refractivity contribution in [2.45, 2.75) is 38.8 Å². The molecule has 0 fully saturated rings. The standard InChI is InChI=1S/C25H24N4O3/c1-17-16-19-7-3-5-9-22(19)29(17)25(32)20-10-11-24(31)28(26-20)15-13-23(30)27-14-12-18-6-2-4-8-21(18)27/h2-11,17H,12-16H2,1H3. The fourth-order valence-corrected chi connectivity index (χ4v) is 4.66. The van der Waals surface area contributed by atoms with Crippen molar-refractivity contribution < 1.29 is 9.59 Å². The highest BCUT2D eigenvalue weighted by Gasteiger charge is 2.32. The molecule has 2 aromatic carbocycles. The van der Waals surface area contributed by atoms with Crippen LogP contribution < -0.4 is 15.4 Å². The Labute approximate surface area is 185 Å². The molecule has 0 saturated heterocycles. The van der Waals surface area contributed by atoms with Crippen LogP contribution in [0.1, 0.15) is 35.0 Å². The van der Waals surface area contributed by atoms with E-state index in [0.29, 0.717) is 6.54 Å². The number of hydrogen-bond acceptors (Lipinski definition) is 4. The first-order valence-electron chi connectivity index (χ1n) is 10.9. The Bertz CT molecular complexity index is 1270. The molecule has 2 amide bonds. The number of aromatic nitrogens is 2. The molecule has 7 nitrogen and oxygen atoms in total. The number of anilines is 2. The maximum absolute atomic E-state index is 13.2. The number of carbonyl (C=O) groups excluding carboxylic acids is 2. The first-order chi connectivity index (χ1) is 15.5. The van der Waals surface area contributed by atoms with Gasteiger partial charge >= 0.3 is 0 Å². The quantitative estimate of drug-likeness (QED) is 0.640. The summed E-state index contributed by atoms with van der Waals surface area (Å²) in [7, 11) is 0. The number of fused-ring (bicyclic) bond motifs is 2. The lowest BCUT2D eigenvalue weighted by molar-refractivity contribution is -0.118. The maximum atomic E-state index is 13.2. The normalized spacial score (nSPS) is 16.7. The van der Waals surface area contributed by atoms with Gasteiger partial charge in [0.1, 0.15) is 5.69 Å². The number of hydrogen-bond donors (Lipinski definition) is 0. The Morgan fingerprint density at radius 3 is 2.50 bits per heavy atom. The summed E-state index contributed by atoms with van der Waals surface area (Å²) in [4.78, 5) is 41.9. The molecule has 0 spiro atoms. The van der Waals surface area contributed by atoms with Crippen molar-refractivity contribution in [1.82, 2.24) is 9.78 Å². The third-order valence-corrected chi connectivity index (χ3v) is 6.24. The van der Waals surface area contributed by atoms with E-state index >= 15 is 0 Å². The molecule has 1 atom stereocenters. The molecule has 32 heavy (non-hydrogen) atoms. The highest BCUT2D eigenvalue weighted by molar-refractivity contribution is 6.06. The van der Waals surface area contributed by atoms with Gasteiger partial charge in [0.2, 0.25) is 5.91 Å². The molecule has 7 heteroatoms. The Kier molecular flexibility index (Phi) is 5.09. The van der Waals surface area contributed by atoms with E-state index in [-0.39, 0.29) is 42.1 Å². The van der Waals surface area contributed by atoms with Gasteiger partial charge in [0.15, 0.2) is 0 Å². The minimum atomic E-state index is -0.328. The van der Waals surface area contributed by atoms with Gasteiger partial charge < -0.3 is 9.80 Å². The van der Waals surface area contributed by atoms with Crippen molar-refractivity contribution in [3.8, 4) is 0 Å². The van der Waals surface area contributed by atoms with E-state index in [0.717, 1.165) is 35.3 Å². The van der Waals surface area contributed by atoms with Crippen molar-refractivity contribution >= 4 is 23.2 Å². The molecular formula is C25H24N4O3. The Morgan fingerprint density at radius 1 is 0.969 bits per heavy atom. The fourth-order valence-electron chi connectivity index (χ4n) is 4.66. The summed E-state index contributed by atoms with van der Waals surface area (Å²) in [5, 5.41) is 4.31. The van der Waals surface area contributed by atoms with E-state index in [9.17, 15) is 14.4 Å². The molecule has 0 bridgehead atoms. The van der Waals surface area contributed by atoms with Gasteiger partial charge in [-0.05, 0) is 49.1 Å². The number of benzene rings is 2. The van der Waals surface area contributed by atoms with Crippen molar-refractivity contribution in [2.75, 3.05) is 16.3 Å². The molecule has 0 aliphatic carbocycles. The summed E-state index contributed by atoms with van der Waals surface area (Å²) in [6.07, 6.45) is 1.76. The molecule has 1 unspecified atom stereocenters. The predicted octanol–water partition coefficient (Wildman–Crippen LogP) is 2.81. The van der Waals surface area contributed by atoms with Crippen molar-refractivity contribution in [3.05, 3.63) is 87.8 Å². The highest BCUT2D eigenvalue weighted by atomic mass is 16.2. The number of rotatable bonds is 4. The Balaban J connectivity index is 1.33. The van der Waals surface area contributed by atoms with Gasteiger partial charge in [0.05, 0.1) is 6.54 Å². The number of nitrogens with zero attached hydrogens (tertiary/aromatic N) is 4. The third kappa shape index (κ3) is 3.49. The first kappa shape index (κ1) is 20.2. The van der Waals surface area contributed by atoms with Crippen molar-refractivity contribution in [1.29, 1.82) is 0 Å². The second kappa shape index (κ2) is 8.07. The smallest absolute Gasteiger partial charge is 0.278 e. The summed E-state index contributed by atoms with van der Waals surface area (Å²) in [5.41, 5.74) is 3.97. The van der Waals surface area contributed by atoms with Crippen LogP contribution in [0.4, 0.5) is 11.4 Å². The summed E-state index contributed by atoms with van der Waals surface area (Å²) in [6.45, 7) is 2.77. The van der Waals surface area contributed by atoms with Crippen LogP contribution in [-0.4, -0.2) is 34.2 Å². The van der Waals surface area contributed by atoms with Gasteiger partial charge in [0.25, 0.3) is 11.5 Å². The zero-order valence-electron chi connectivity index (χ0n) is 17.9. The fraction of sp³-hybridized carbons (Fsp3) is 0.280. The largest absolute Gasteiger partial charge is 0.312 e. The van der Waals surface area contributed by atoms with E-state index < -0.39 is 0 Å². The van der Waals surface area contributed by atoms with Gasteiger partial charge in [-0.2, -0.15) is 5.10 Å². The first-order valence-corrected chi connectivity index (χ1v) is 10.9. The van der Waals surface area contributed by atoms with Crippen LogP contribution in [0.5, 0.6) is 0 Å². The van der Waals surface area contributed by atoms with Crippen molar-refractivity contribution in [2.24, 2.45) is 0 Å². The van der Waals surface area contributed by atoms with Crippen LogP contribution in [0.15, 0.2) is 65.5 Å². The molecule has 3 heterocycles. The second-order valence-corrected chi connectivity index (χ2v) is 8.31. The van der Waals surface area contributed by atoms with Gasteiger partial charge in [-0.25, -0.2) is 4.68 Å². The lowest BCUT2D eigenvalue weighted by Crippen LogP contribution is -2.38. The van der Waals surface area contributed by atoms with Gasteiger partial charge in [-0.3, -0.25) is 14.4 Å². The van der Waals surface area contributed by atoms with Crippen LogP contribution in [0.2, 0.25) is 0 Å². The molecule has 0 saturated carbocycles. The van der Waals surface area contributed by atoms with Crippen molar-refractivity contribution in [3.63, 3.8) is 0 Å². The van der Waals surface area contributed by atoms with E-state index in [1.54, 1.807) is 9.80 Å². The maximum Gasteiger partial charge on any atom is 0.278 e. The SMILES string of the molecule is CC1Cc2ccccc2N1C(=O)c1ccc(=O)n(CCC(=O)N2CCc3ccccc32)n1. The zero-order valence-corrected chi connectivity index (χ0v) is 17.9. The van der Waals surface area contributed by atoms with Gasteiger partial charge in [-0.15, -0.1) is 0 Å². The second-order valence-electron chi connectivity index (χ2n) is 8.31. The minimum Gasteiger partial charge on any atom is -0.312 e. The molecule has 1 aromatic heterocycles. The molecule has 0 radical (unpaired) electrons. The number of carbonyl (C=O) groups is 2. The molecule has 0 N–H and O–H groups in total. The molecular weight excluding hydrogens is 404 g/mol. The van der Waals surface area contributed by atoms with Crippen LogP contribution >= 0.6 is 0 Å². The van der Waals surface area contributed by atoms with Gasteiger partial charge in [0, 0.05) is 36.4 Å². The lowest BCUT2D eigenvalue weighted by atomic mass is 10.1. The van der Waals surface area contributed by atoms with Crippen LogP contribution in [-0.2, 0) is 24.2 Å². The monoisotopic (exact) mass is 428 g/mol. The zero-order chi connectivity index (χ0) is 22.2. The predicted molar refractivity (Wildman–Crippen MR) is 122 cm³/mol. The van der Waals surface area contributed by atoms with Crippen LogP contribution in [0.25, 0.3) is 0 Å². The minimum absolute atomic E-state index is 0.0129. The number of amides is 2. The van der Waals surface area contributed by atoms with Crippen LogP contribution in [0, 0.1) is 0 Å². The third-order valence-electron chi connectivity index (χ3n) is 6.24. The summed E-state index contributed by atoms with van der Waals surface area (Å²) in [5.74, 6) is -0.293. The average Bonchev–Trinajstić information content (AvgIpc) is 3.38. The lowest BCUT2D eigenvalue weighted by Gasteiger charge is -2.22. The topological polar surface area (TPSA) is 75.5 Å². The average molecular weight is 428 g/mol. The Hall–Kier alpha value is -3.74. The molecule has 3 aromatic rings. The summed E-state index contributed by atoms with van der Waals surface area (Å²) >= 11 is 0. The summed E-state index contributed by atoms with van der Waals surface area (Å²) in [6, 6.07) is 18.5. The van der Waals surface area contributed by atoms with E-state index in [4.69, 9.17) is 0 Å².